The van der Waals surface area contributed by atoms with Crippen molar-refractivity contribution < 1.29 is 9.18 Å². The third kappa shape index (κ3) is 2.31. The van der Waals surface area contributed by atoms with Crippen molar-refractivity contribution in [3.8, 4) is 0 Å². The van der Waals surface area contributed by atoms with Crippen LogP contribution in [-0.4, -0.2) is 14.8 Å². The van der Waals surface area contributed by atoms with Crippen molar-refractivity contribution >= 4 is 34.0 Å². The first-order valence-corrected chi connectivity index (χ1v) is 7.24. The van der Waals surface area contributed by atoms with Crippen LogP contribution in [0, 0.1) is 19.7 Å². The number of nitrogens with zero attached hydrogens (tertiary/aromatic N) is 2. The van der Waals surface area contributed by atoms with Gasteiger partial charge in [-0.1, -0.05) is 0 Å². The average molecular weight is 303 g/mol. The van der Waals surface area contributed by atoms with Gasteiger partial charge in [0.25, 0.3) is 5.91 Å². The van der Waals surface area contributed by atoms with E-state index in [0.717, 1.165) is 21.6 Å². The second-order valence-electron chi connectivity index (χ2n) is 4.95. The van der Waals surface area contributed by atoms with Crippen LogP contribution in [0.25, 0.3) is 10.9 Å². The summed E-state index contributed by atoms with van der Waals surface area (Å²) in [5, 5.41) is 3.72. The van der Waals surface area contributed by atoms with Crippen molar-refractivity contribution in [3.05, 3.63) is 46.3 Å². The van der Waals surface area contributed by atoms with Crippen LogP contribution in [0.15, 0.2) is 24.3 Å². The number of fused-ring (bicyclic) bond motifs is 1. The normalized spacial score (nSPS) is 11.0. The number of benzene rings is 1. The van der Waals surface area contributed by atoms with E-state index in [1.54, 1.807) is 23.7 Å². The zero-order valence-corrected chi connectivity index (χ0v) is 12.7. The van der Waals surface area contributed by atoms with Gasteiger partial charge in [-0.05, 0) is 49.6 Å². The lowest BCUT2D eigenvalue weighted by Crippen LogP contribution is -2.16. The van der Waals surface area contributed by atoms with Crippen LogP contribution in [0.5, 0.6) is 0 Å². The van der Waals surface area contributed by atoms with Crippen LogP contribution in [0.1, 0.15) is 21.1 Å². The Morgan fingerprint density at radius 3 is 2.76 bits per heavy atom. The van der Waals surface area contributed by atoms with Crippen molar-refractivity contribution in [1.29, 1.82) is 0 Å². The van der Waals surface area contributed by atoms with Gasteiger partial charge < -0.3 is 9.88 Å². The monoisotopic (exact) mass is 303 g/mol. The van der Waals surface area contributed by atoms with Gasteiger partial charge in [-0.2, -0.15) is 4.37 Å². The maximum atomic E-state index is 13.3. The van der Waals surface area contributed by atoms with E-state index >= 15 is 0 Å². The van der Waals surface area contributed by atoms with Gasteiger partial charge in [0.05, 0.1) is 16.9 Å². The van der Waals surface area contributed by atoms with Crippen LogP contribution < -0.4 is 5.32 Å². The number of halogens is 1. The van der Waals surface area contributed by atoms with E-state index in [1.807, 2.05) is 13.8 Å². The van der Waals surface area contributed by atoms with E-state index < -0.39 is 0 Å². The summed E-state index contributed by atoms with van der Waals surface area (Å²) in [6.45, 7) is 3.77. The molecule has 2 heterocycles. The first-order valence-electron chi connectivity index (χ1n) is 6.46. The van der Waals surface area contributed by atoms with E-state index in [1.165, 1.54) is 23.7 Å². The molecule has 0 aliphatic heterocycles. The van der Waals surface area contributed by atoms with E-state index in [9.17, 15) is 9.18 Å². The SMILES string of the molecule is Cc1nsc(C)c1NC(=O)c1cc2ccc(F)cc2n1C. The predicted octanol–water partition coefficient (Wildman–Crippen LogP) is 3.64. The Kier molecular flexibility index (Phi) is 3.25. The van der Waals surface area contributed by atoms with Crippen molar-refractivity contribution in [2.24, 2.45) is 7.05 Å². The van der Waals surface area contributed by atoms with Gasteiger partial charge in [-0.25, -0.2) is 4.39 Å². The number of aryl methyl sites for hydroxylation is 3. The molecule has 0 spiro atoms. The number of aromatic nitrogens is 2. The third-order valence-corrected chi connectivity index (χ3v) is 4.36. The molecule has 1 aromatic carbocycles. The van der Waals surface area contributed by atoms with Crippen molar-refractivity contribution in [2.75, 3.05) is 5.32 Å². The topological polar surface area (TPSA) is 46.9 Å². The fraction of sp³-hybridized carbons (Fsp3) is 0.200. The zero-order valence-electron chi connectivity index (χ0n) is 11.9. The number of nitrogens with one attached hydrogen (secondary N) is 1. The molecule has 0 atom stereocenters. The zero-order chi connectivity index (χ0) is 15.1. The summed E-state index contributed by atoms with van der Waals surface area (Å²) in [6.07, 6.45) is 0. The molecule has 0 saturated carbocycles. The Balaban J connectivity index is 2.00. The highest BCUT2D eigenvalue weighted by Gasteiger charge is 2.16. The molecule has 0 aliphatic carbocycles. The molecule has 0 unspecified atom stereocenters. The molecule has 0 fully saturated rings. The Morgan fingerprint density at radius 2 is 2.10 bits per heavy atom. The summed E-state index contributed by atoms with van der Waals surface area (Å²) in [6, 6.07) is 6.24. The molecule has 0 radical (unpaired) electrons. The Morgan fingerprint density at radius 1 is 1.33 bits per heavy atom. The van der Waals surface area contributed by atoms with E-state index in [4.69, 9.17) is 0 Å². The second-order valence-corrected chi connectivity index (χ2v) is 5.92. The Hall–Kier alpha value is -2.21. The standard InChI is InChI=1S/C15H14FN3OS/c1-8-14(9(2)21-18-8)17-15(20)13-6-10-4-5-11(16)7-12(10)19(13)3/h4-7H,1-3H3,(H,17,20). The minimum Gasteiger partial charge on any atom is -0.340 e. The van der Waals surface area contributed by atoms with Crippen molar-refractivity contribution in [1.82, 2.24) is 8.94 Å². The Bertz CT molecular complexity index is 831. The first kappa shape index (κ1) is 13.8. The number of anilines is 1. The number of carbonyl (C=O) groups excluding carboxylic acids is 1. The van der Waals surface area contributed by atoms with Gasteiger partial charge in [-0.3, -0.25) is 4.79 Å². The van der Waals surface area contributed by atoms with Crippen LogP contribution >= 0.6 is 11.5 Å². The lowest BCUT2D eigenvalue weighted by Gasteiger charge is -2.06. The summed E-state index contributed by atoms with van der Waals surface area (Å²) in [4.78, 5) is 13.4. The number of carbonyl (C=O) groups is 1. The van der Waals surface area contributed by atoms with Crippen LogP contribution in [0.2, 0.25) is 0 Å². The average Bonchev–Trinajstić information content (AvgIpc) is 2.94. The van der Waals surface area contributed by atoms with Crippen LogP contribution in [0.4, 0.5) is 10.1 Å². The summed E-state index contributed by atoms with van der Waals surface area (Å²) in [5.41, 5.74) is 2.73. The number of hydrogen-bond donors (Lipinski definition) is 1. The molecule has 2 aromatic heterocycles. The molecule has 21 heavy (non-hydrogen) atoms. The smallest absolute Gasteiger partial charge is 0.272 e. The molecule has 3 aromatic rings. The highest BCUT2D eigenvalue weighted by molar-refractivity contribution is 7.06. The molecule has 108 valence electrons. The summed E-state index contributed by atoms with van der Waals surface area (Å²) >= 11 is 1.36. The molecule has 1 N–H and O–H groups in total. The minimum absolute atomic E-state index is 0.222. The van der Waals surface area contributed by atoms with Crippen molar-refractivity contribution in [3.63, 3.8) is 0 Å². The fourth-order valence-electron chi connectivity index (χ4n) is 2.36. The lowest BCUT2D eigenvalue weighted by atomic mass is 10.2. The fourth-order valence-corrected chi connectivity index (χ4v) is 3.02. The summed E-state index contributed by atoms with van der Waals surface area (Å²) in [5.74, 6) is -0.537. The molecule has 0 saturated heterocycles. The minimum atomic E-state index is -0.315. The molecule has 3 rings (SSSR count). The van der Waals surface area contributed by atoms with Gasteiger partial charge in [0, 0.05) is 17.3 Å². The van der Waals surface area contributed by atoms with Gasteiger partial charge in [-0.15, -0.1) is 0 Å². The number of hydrogen-bond acceptors (Lipinski definition) is 3. The van der Waals surface area contributed by atoms with E-state index in [-0.39, 0.29) is 11.7 Å². The second kappa shape index (κ2) is 4.96. The quantitative estimate of drug-likeness (QED) is 0.785. The molecule has 1 amide bonds. The molecule has 0 bridgehead atoms. The molecule has 0 aliphatic rings. The van der Waals surface area contributed by atoms with Crippen LogP contribution in [0.3, 0.4) is 0 Å². The van der Waals surface area contributed by atoms with Crippen molar-refractivity contribution in [2.45, 2.75) is 13.8 Å². The predicted molar refractivity (Wildman–Crippen MR) is 82.4 cm³/mol. The summed E-state index contributed by atoms with van der Waals surface area (Å²) < 4.78 is 19.2. The maximum absolute atomic E-state index is 13.3. The maximum Gasteiger partial charge on any atom is 0.272 e. The molecular formula is C15H14FN3OS. The van der Waals surface area contributed by atoms with Gasteiger partial charge in [0.1, 0.15) is 11.5 Å². The number of amides is 1. The molecule has 6 heteroatoms. The molecule has 4 nitrogen and oxygen atoms in total. The highest BCUT2D eigenvalue weighted by Crippen LogP contribution is 2.25. The molecular weight excluding hydrogens is 289 g/mol. The largest absolute Gasteiger partial charge is 0.340 e. The number of rotatable bonds is 2. The first-order chi connectivity index (χ1) is 9.97. The van der Waals surface area contributed by atoms with Gasteiger partial charge in [0.15, 0.2) is 0 Å². The summed E-state index contributed by atoms with van der Waals surface area (Å²) in [7, 11) is 1.75. The lowest BCUT2D eigenvalue weighted by molar-refractivity contribution is 0.101. The third-order valence-electron chi connectivity index (χ3n) is 3.51. The van der Waals surface area contributed by atoms with Gasteiger partial charge in [0.2, 0.25) is 0 Å². The Labute approximate surface area is 125 Å². The highest BCUT2D eigenvalue weighted by atomic mass is 32.1. The van der Waals surface area contributed by atoms with E-state index in [2.05, 4.69) is 9.69 Å². The van der Waals surface area contributed by atoms with Gasteiger partial charge >= 0.3 is 0 Å². The van der Waals surface area contributed by atoms with E-state index in [0.29, 0.717) is 11.2 Å². The van der Waals surface area contributed by atoms with Crippen LogP contribution in [-0.2, 0) is 7.05 Å².